The Hall–Kier alpha value is -2.86. The smallest absolute Gasteiger partial charge is 0.253 e. The van der Waals surface area contributed by atoms with Crippen LogP contribution in [0, 0.1) is 12.3 Å². The molecule has 2 aliphatic rings. The highest BCUT2D eigenvalue weighted by Crippen LogP contribution is 2.38. The van der Waals surface area contributed by atoms with Gasteiger partial charge in [0, 0.05) is 31.7 Å². The molecule has 2 aliphatic heterocycles. The summed E-state index contributed by atoms with van der Waals surface area (Å²) in [5.41, 5.74) is 4.19. The second-order valence-electron chi connectivity index (χ2n) is 10.2. The van der Waals surface area contributed by atoms with Crippen LogP contribution in [0.3, 0.4) is 0 Å². The van der Waals surface area contributed by atoms with Gasteiger partial charge >= 0.3 is 0 Å². The lowest BCUT2D eigenvalue weighted by Crippen LogP contribution is -2.48. The Morgan fingerprint density at radius 3 is 2.74 bits per heavy atom. The number of amides is 1. The fourth-order valence-electron chi connectivity index (χ4n) is 5.75. The van der Waals surface area contributed by atoms with Gasteiger partial charge in [0.2, 0.25) is 0 Å². The molecule has 1 fully saturated rings. The number of ether oxygens (including phenoxy) is 1. The van der Waals surface area contributed by atoms with Gasteiger partial charge in [-0.1, -0.05) is 24.6 Å². The van der Waals surface area contributed by atoms with Gasteiger partial charge in [-0.15, -0.1) is 0 Å². The Morgan fingerprint density at radius 1 is 1.06 bits per heavy atom. The van der Waals surface area contributed by atoms with Gasteiger partial charge in [-0.05, 0) is 81.3 Å². The summed E-state index contributed by atoms with van der Waals surface area (Å²) in [6.45, 7) is 6.29. The van der Waals surface area contributed by atoms with E-state index >= 15 is 0 Å². The molecule has 6 nitrogen and oxygen atoms in total. The molecule has 0 saturated carbocycles. The Balaban J connectivity index is 1.25. The number of likely N-dealkylation sites (tertiary alicyclic amines) is 1. The van der Waals surface area contributed by atoms with Gasteiger partial charge in [0.05, 0.1) is 11.0 Å². The second kappa shape index (κ2) is 9.79. The summed E-state index contributed by atoms with van der Waals surface area (Å²) in [6, 6.07) is 14.3. The first-order valence-electron chi connectivity index (χ1n) is 12.7. The van der Waals surface area contributed by atoms with Crippen molar-refractivity contribution < 1.29 is 9.53 Å². The number of hydrogen-bond donors (Lipinski definition) is 1. The molecule has 2 aromatic carbocycles. The molecule has 0 atom stereocenters. The van der Waals surface area contributed by atoms with Crippen LogP contribution in [-0.4, -0.2) is 65.5 Å². The Kier molecular flexibility index (Phi) is 6.59. The minimum atomic E-state index is 0.135. The summed E-state index contributed by atoms with van der Waals surface area (Å²) in [5, 5.41) is 0. The number of fused-ring (bicyclic) bond motifs is 2. The minimum Gasteiger partial charge on any atom is -0.492 e. The van der Waals surface area contributed by atoms with Crippen molar-refractivity contribution in [1.82, 2.24) is 19.8 Å². The predicted molar refractivity (Wildman–Crippen MR) is 135 cm³/mol. The van der Waals surface area contributed by atoms with Crippen LogP contribution >= 0.6 is 0 Å². The van der Waals surface area contributed by atoms with Crippen LogP contribution < -0.4 is 4.74 Å². The first kappa shape index (κ1) is 22.9. The standard InChI is InChI=1S/C28H36N4O2/c1-21-29-24-11-10-23(19-25(24)30-21)27(33)32-15-13-28(14-16-32)12-6-5-8-22-7-3-4-9-26(22)34-18-17-31(2)20-28/h3-4,7,9-11,19H,5-6,8,12-18,20H2,1-2H3,(H,29,30). The van der Waals surface area contributed by atoms with Crippen molar-refractivity contribution in [3.8, 4) is 5.75 Å². The highest BCUT2D eigenvalue weighted by Gasteiger charge is 2.36. The molecule has 1 spiro atoms. The average Bonchev–Trinajstić information content (AvgIpc) is 3.21. The summed E-state index contributed by atoms with van der Waals surface area (Å²) in [4.78, 5) is 25.5. The maximum absolute atomic E-state index is 13.3. The van der Waals surface area contributed by atoms with Gasteiger partial charge in [-0.25, -0.2) is 4.98 Å². The number of H-pyrrole nitrogens is 1. The Morgan fingerprint density at radius 2 is 1.88 bits per heavy atom. The number of carbonyl (C=O) groups is 1. The van der Waals surface area contributed by atoms with E-state index in [1.165, 1.54) is 24.8 Å². The maximum Gasteiger partial charge on any atom is 0.253 e. The van der Waals surface area contributed by atoms with E-state index in [9.17, 15) is 4.79 Å². The molecule has 3 heterocycles. The molecule has 1 saturated heterocycles. The largest absolute Gasteiger partial charge is 0.492 e. The lowest BCUT2D eigenvalue weighted by Gasteiger charge is -2.44. The number of imidazole rings is 1. The van der Waals surface area contributed by atoms with Gasteiger partial charge in [0.15, 0.2) is 0 Å². The zero-order valence-electron chi connectivity index (χ0n) is 20.5. The van der Waals surface area contributed by atoms with Crippen molar-refractivity contribution >= 4 is 16.9 Å². The van der Waals surface area contributed by atoms with Crippen molar-refractivity contribution in [2.24, 2.45) is 5.41 Å². The van der Waals surface area contributed by atoms with Crippen molar-refractivity contribution in [3.63, 3.8) is 0 Å². The summed E-state index contributed by atoms with van der Waals surface area (Å²) >= 11 is 0. The van der Waals surface area contributed by atoms with Crippen LogP contribution in [0.1, 0.15) is 53.8 Å². The number of likely N-dealkylation sites (N-methyl/N-ethyl adjacent to an activating group) is 1. The van der Waals surface area contributed by atoms with E-state index in [4.69, 9.17) is 4.74 Å². The third-order valence-electron chi connectivity index (χ3n) is 7.67. The molecule has 1 N–H and O–H groups in total. The topological polar surface area (TPSA) is 61.5 Å². The molecule has 1 amide bonds. The molecule has 34 heavy (non-hydrogen) atoms. The van der Waals surface area contributed by atoms with Gasteiger partial charge in [0.1, 0.15) is 18.2 Å². The van der Waals surface area contributed by atoms with E-state index in [1.807, 2.05) is 30.0 Å². The first-order chi connectivity index (χ1) is 16.5. The normalized spacial score (nSPS) is 19.8. The number of nitrogens with one attached hydrogen (secondary N) is 1. The lowest BCUT2D eigenvalue weighted by molar-refractivity contribution is 0.0425. The van der Waals surface area contributed by atoms with Crippen molar-refractivity contribution in [2.75, 3.05) is 39.8 Å². The van der Waals surface area contributed by atoms with Crippen molar-refractivity contribution in [3.05, 3.63) is 59.4 Å². The number of rotatable bonds is 1. The fraction of sp³-hybridized carbons (Fsp3) is 0.500. The van der Waals surface area contributed by atoms with Crippen LogP contribution in [0.2, 0.25) is 0 Å². The average molecular weight is 461 g/mol. The first-order valence-corrected chi connectivity index (χ1v) is 12.7. The second-order valence-corrected chi connectivity index (χ2v) is 10.2. The monoisotopic (exact) mass is 460 g/mol. The SMILES string of the molecule is Cc1nc2ccc(C(=O)N3CCC4(CCCCc5ccccc5OCCN(C)C4)CC3)cc2[nH]1. The van der Waals surface area contributed by atoms with Crippen molar-refractivity contribution in [1.29, 1.82) is 0 Å². The number of benzene rings is 2. The van der Waals surface area contributed by atoms with Gasteiger partial charge in [-0.2, -0.15) is 0 Å². The number of aromatic nitrogens is 2. The van der Waals surface area contributed by atoms with E-state index in [-0.39, 0.29) is 11.3 Å². The Bertz CT molecular complexity index is 1150. The molecule has 0 bridgehead atoms. The predicted octanol–water partition coefficient (Wildman–Crippen LogP) is 4.83. The molecule has 0 aliphatic carbocycles. The van der Waals surface area contributed by atoms with Crippen LogP contribution in [-0.2, 0) is 6.42 Å². The number of aryl methyl sites for hydroxylation is 2. The number of aromatic amines is 1. The summed E-state index contributed by atoms with van der Waals surface area (Å²) in [5.74, 6) is 2.05. The van der Waals surface area contributed by atoms with E-state index in [1.54, 1.807) is 0 Å². The molecule has 1 aromatic heterocycles. The minimum absolute atomic E-state index is 0.135. The fourth-order valence-corrected chi connectivity index (χ4v) is 5.75. The van der Waals surface area contributed by atoms with Crippen LogP contribution in [0.25, 0.3) is 11.0 Å². The van der Waals surface area contributed by atoms with Gasteiger partial charge in [0.25, 0.3) is 5.91 Å². The zero-order valence-corrected chi connectivity index (χ0v) is 20.5. The number of para-hydroxylation sites is 1. The quantitative estimate of drug-likeness (QED) is 0.565. The van der Waals surface area contributed by atoms with Gasteiger partial charge in [-0.3, -0.25) is 4.79 Å². The highest BCUT2D eigenvalue weighted by molar-refractivity contribution is 5.97. The molecule has 180 valence electrons. The molecule has 0 unspecified atom stereocenters. The Labute approximate surface area is 202 Å². The van der Waals surface area contributed by atoms with Crippen LogP contribution in [0.4, 0.5) is 0 Å². The third-order valence-corrected chi connectivity index (χ3v) is 7.67. The van der Waals surface area contributed by atoms with E-state index in [2.05, 4.69) is 46.2 Å². The number of hydrogen-bond acceptors (Lipinski definition) is 4. The van der Waals surface area contributed by atoms with E-state index in [0.29, 0.717) is 6.61 Å². The summed E-state index contributed by atoms with van der Waals surface area (Å²) < 4.78 is 6.13. The van der Waals surface area contributed by atoms with E-state index in [0.717, 1.165) is 73.6 Å². The van der Waals surface area contributed by atoms with Crippen molar-refractivity contribution in [2.45, 2.75) is 45.4 Å². The van der Waals surface area contributed by atoms with Gasteiger partial charge < -0.3 is 19.5 Å². The number of nitrogens with zero attached hydrogens (tertiary/aromatic N) is 3. The summed E-state index contributed by atoms with van der Waals surface area (Å²) in [7, 11) is 2.21. The highest BCUT2D eigenvalue weighted by atomic mass is 16.5. The molecular formula is C28H36N4O2. The molecule has 5 rings (SSSR count). The number of piperidine rings is 1. The molecular weight excluding hydrogens is 424 g/mol. The lowest BCUT2D eigenvalue weighted by atomic mass is 9.73. The van der Waals surface area contributed by atoms with Crippen LogP contribution in [0.5, 0.6) is 5.75 Å². The molecule has 0 radical (unpaired) electrons. The van der Waals surface area contributed by atoms with Crippen LogP contribution in [0.15, 0.2) is 42.5 Å². The molecule has 3 aromatic rings. The summed E-state index contributed by atoms with van der Waals surface area (Å²) in [6.07, 6.45) is 6.81. The number of carbonyl (C=O) groups excluding carboxylic acids is 1. The van der Waals surface area contributed by atoms with E-state index < -0.39 is 0 Å². The third kappa shape index (κ3) is 4.97. The zero-order chi connectivity index (χ0) is 23.5. The maximum atomic E-state index is 13.3. The molecule has 6 heteroatoms.